The van der Waals surface area contributed by atoms with Gasteiger partial charge in [0.15, 0.2) is 6.29 Å². The van der Waals surface area contributed by atoms with Gasteiger partial charge in [0.2, 0.25) is 5.91 Å². The average molecular weight is 358 g/mol. The van der Waals surface area contributed by atoms with Gasteiger partial charge in [0.25, 0.3) is 0 Å². The summed E-state index contributed by atoms with van der Waals surface area (Å²) < 4.78 is 11.4. The molecule has 2 heterocycles. The first-order valence-electron chi connectivity index (χ1n) is 10.0. The number of carbonyl (C=O) groups excluding carboxylic acids is 1. The lowest BCUT2D eigenvalue weighted by Crippen LogP contribution is -2.51. The van der Waals surface area contributed by atoms with Crippen molar-refractivity contribution in [3.8, 4) is 0 Å². The highest BCUT2D eigenvalue weighted by Crippen LogP contribution is 2.41. The zero-order chi connectivity index (χ0) is 17.9. The Kier molecular flexibility index (Phi) is 5.57. The van der Waals surface area contributed by atoms with E-state index in [1.807, 2.05) is 0 Å². The molecule has 4 rings (SSSR count). The van der Waals surface area contributed by atoms with Crippen molar-refractivity contribution in [3.05, 3.63) is 35.4 Å². The molecular weight excluding hydrogens is 328 g/mol. The minimum Gasteiger partial charge on any atom is -0.349 e. The van der Waals surface area contributed by atoms with Crippen molar-refractivity contribution in [2.75, 3.05) is 26.3 Å². The number of ether oxygens (including phenoxy) is 2. The third kappa shape index (κ3) is 4.27. The molecule has 3 aliphatic rings. The van der Waals surface area contributed by atoms with Crippen LogP contribution in [0.5, 0.6) is 0 Å². The van der Waals surface area contributed by atoms with Crippen LogP contribution in [0.15, 0.2) is 24.3 Å². The second-order valence-corrected chi connectivity index (χ2v) is 7.94. The summed E-state index contributed by atoms with van der Waals surface area (Å²) in [5, 5.41) is 3.31. The van der Waals surface area contributed by atoms with Crippen molar-refractivity contribution in [1.82, 2.24) is 10.2 Å². The Hall–Kier alpha value is -1.43. The zero-order valence-electron chi connectivity index (χ0n) is 15.7. The number of nitrogens with zero attached hydrogens (tertiary/aromatic N) is 1. The molecule has 1 saturated carbocycles. The number of amides is 1. The normalized spacial score (nSPS) is 26.0. The SMILES string of the molecule is Cc1ccc(C(NC(=O)CN2CCCCC2C2OCCO2)C2CC2)cc1. The topological polar surface area (TPSA) is 50.8 Å². The van der Waals surface area contributed by atoms with Gasteiger partial charge in [-0.25, -0.2) is 0 Å². The number of likely N-dealkylation sites (tertiary alicyclic amines) is 1. The maximum absolute atomic E-state index is 12.8. The minimum atomic E-state index is -0.167. The number of piperidine rings is 1. The van der Waals surface area contributed by atoms with Crippen LogP contribution in [0.1, 0.15) is 49.3 Å². The second kappa shape index (κ2) is 8.07. The molecule has 1 aromatic rings. The summed E-state index contributed by atoms with van der Waals surface area (Å²) in [7, 11) is 0. The molecule has 5 nitrogen and oxygen atoms in total. The zero-order valence-corrected chi connectivity index (χ0v) is 15.7. The Morgan fingerprint density at radius 3 is 2.58 bits per heavy atom. The maximum Gasteiger partial charge on any atom is 0.234 e. The van der Waals surface area contributed by atoms with Crippen LogP contribution in [-0.2, 0) is 14.3 Å². The molecule has 2 unspecified atom stereocenters. The van der Waals surface area contributed by atoms with E-state index in [2.05, 4.69) is 41.4 Å². The molecule has 1 aromatic carbocycles. The van der Waals surface area contributed by atoms with Crippen LogP contribution >= 0.6 is 0 Å². The molecule has 0 bridgehead atoms. The van der Waals surface area contributed by atoms with Crippen LogP contribution in [0, 0.1) is 12.8 Å². The monoisotopic (exact) mass is 358 g/mol. The van der Waals surface area contributed by atoms with E-state index in [-0.39, 0.29) is 24.3 Å². The average Bonchev–Trinajstić information content (AvgIpc) is 3.35. The number of rotatable bonds is 6. The summed E-state index contributed by atoms with van der Waals surface area (Å²) in [6.07, 6.45) is 5.60. The van der Waals surface area contributed by atoms with Gasteiger partial charge in [-0.05, 0) is 50.6 Å². The highest BCUT2D eigenvalue weighted by atomic mass is 16.7. The molecule has 26 heavy (non-hydrogen) atoms. The standard InChI is InChI=1S/C21H30N2O3/c1-15-5-7-16(8-6-15)20(17-9-10-17)22-19(24)14-23-11-3-2-4-18(23)21-25-12-13-26-21/h5-8,17-18,20-21H,2-4,9-14H2,1H3,(H,22,24). The quantitative estimate of drug-likeness (QED) is 0.850. The largest absolute Gasteiger partial charge is 0.349 e. The second-order valence-electron chi connectivity index (χ2n) is 7.94. The van der Waals surface area contributed by atoms with E-state index < -0.39 is 0 Å². The molecule has 142 valence electrons. The number of nitrogens with one attached hydrogen (secondary N) is 1. The number of hydrogen-bond donors (Lipinski definition) is 1. The molecule has 0 spiro atoms. The number of aryl methyl sites for hydroxylation is 1. The van der Waals surface area contributed by atoms with Crippen molar-refractivity contribution >= 4 is 5.91 Å². The Balaban J connectivity index is 1.38. The molecule has 0 aromatic heterocycles. The summed E-state index contributed by atoms with van der Waals surface area (Å²) in [4.78, 5) is 15.1. The molecule has 3 fully saturated rings. The predicted octanol–water partition coefficient (Wildman–Crippen LogP) is 2.79. The van der Waals surface area contributed by atoms with Crippen LogP contribution in [0.3, 0.4) is 0 Å². The third-order valence-electron chi connectivity index (χ3n) is 5.82. The molecular formula is C21H30N2O3. The van der Waals surface area contributed by atoms with Crippen molar-refractivity contribution < 1.29 is 14.3 Å². The predicted molar refractivity (Wildman–Crippen MR) is 99.7 cm³/mol. The Bertz CT molecular complexity index is 608. The fourth-order valence-electron chi connectivity index (χ4n) is 4.20. The summed E-state index contributed by atoms with van der Waals surface area (Å²) in [6, 6.07) is 8.92. The summed E-state index contributed by atoms with van der Waals surface area (Å²) >= 11 is 0. The van der Waals surface area contributed by atoms with Crippen LogP contribution in [0.25, 0.3) is 0 Å². The van der Waals surface area contributed by atoms with Crippen LogP contribution in [-0.4, -0.2) is 49.4 Å². The lowest BCUT2D eigenvalue weighted by atomic mass is 10.00. The first kappa shape index (κ1) is 18.0. The smallest absolute Gasteiger partial charge is 0.234 e. The fourth-order valence-corrected chi connectivity index (χ4v) is 4.20. The van der Waals surface area contributed by atoms with E-state index in [9.17, 15) is 4.79 Å². The molecule has 1 amide bonds. The Morgan fingerprint density at radius 2 is 1.88 bits per heavy atom. The van der Waals surface area contributed by atoms with Gasteiger partial charge in [0.05, 0.1) is 31.8 Å². The fraction of sp³-hybridized carbons (Fsp3) is 0.667. The molecule has 2 atom stereocenters. The van der Waals surface area contributed by atoms with Gasteiger partial charge in [-0.2, -0.15) is 0 Å². The lowest BCUT2D eigenvalue weighted by molar-refractivity contribution is -0.132. The molecule has 0 radical (unpaired) electrons. The Morgan fingerprint density at radius 1 is 1.15 bits per heavy atom. The van der Waals surface area contributed by atoms with Crippen LogP contribution < -0.4 is 5.32 Å². The highest BCUT2D eigenvalue weighted by molar-refractivity contribution is 5.78. The molecule has 2 saturated heterocycles. The van der Waals surface area contributed by atoms with Gasteiger partial charge >= 0.3 is 0 Å². The summed E-state index contributed by atoms with van der Waals surface area (Å²) in [5.74, 6) is 0.702. The Labute approximate surface area is 156 Å². The van der Waals surface area contributed by atoms with Crippen LogP contribution in [0.2, 0.25) is 0 Å². The number of hydrogen-bond acceptors (Lipinski definition) is 4. The molecule has 1 N–H and O–H groups in total. The van der Waals surface area contributed by atoms with Crippen molar-refractivity contribution in [3.63, 3.8) is 0 Å². The van der Waals surface area contributed by atoms with Crippen LogP contribution in [0.4, 0.5) is 0 Å². The molecule has 2 aliphatic heterocycles. The minimum absolute atomic E-state index is 0.118. The van der Waals surface area contributed by atoms with E-state index in [0.717, 1.165) is 19.4 Å². The van der Waals surface area contributed by atoms with Gasteiger partial charge < -0.3 is 14.8 Å². The number of carbonyl (C=O) groups is 1. The first-order valence-corrected chi connectivity index (χ1v) is 10.0. The van der Waals surface area contributed by atoms with Gasteiger partial charge in [0.1, 0.15) is 0 Å². The number of benzene rings is 1. The van der Waals surface area contributed by atoms with Gasteiger partial charge in [-0.15, -0.1) is 0 Å². The lowest BCUT2D eigenvalue weighted by Gasteiger charge is -2.37. The molecule has 1 aliphatic carbocycles. The van der Waals surface area contributed by atoms with E-state index in [0.29, 0.717) is 25.7 Å². The van der Waals surface area contributed by atoms with E-state index in [1.165, 1.54) is 30.4 Å². The van der Waals surface area contributed by atoms with E-state index in [1.54, 1.807) is 0 Å². The van der Waals surface area contributed by atoms with Gasteiger partial charge in [-0.1, -0.05) is 36.2 Å². The van der Waals surface area contributed by atoms with E-state index >= 15 is 0 Å². The van der Waals surface area contributed by atoms with Crippen molar-refractivity contribution in [2.24, 2.45) is 5.92 Å². The molecule has 5 heteroatoms. The van der Waals surface area contributed by atoms with Crippen molar-refractivity contribution in [2.45, 2.75) is 57.4 Å². The summed E-state index contributed by atoms with van der Waals surface area (Å²) in [6.45, 7) is 4.80. The van der Waals surface area contributed by atoms with Crippen molar-refractivity contribution in [1.29, 1.82) is 0 Å². The first-order chi connectivity index (χ1) is 12.7. The van der Waals surface area contributed by atoms with Gasteiger partial charge in [-0.3, -0.25) is 9.69 Å². The highest BCUT2D eigenvalue weighted by Gasteiger charge is 2.36. The maximum atomic E-state index is 12.8. The van der Waals surface area contributed by atoms with E-state index in [4.69, 9.17) is 9.47 Å². The summed E-state index contributed by atoms with van der Waals surface area (Å²) in [5.41, 5.74) is 2.48. The third-order valence-corrected chi connectivity index (χ3v) is 5.82. The van der Waals surface area contributed by atoms with Gasteiger partial charge in [0, 0.05) is 0 Å².